The van der Waals surface area contributed by atoms with Crippen LogP contribution in [0.25, 0.3) is 0 Å². The Bertz CT molecular complexity index is 697. The van der Waals surface area contributed by atoms with E-state index in [0.29, 0.717) is 30.4 Å². The second-order valence-corrected chi connectivity index (χ2v) is 6.97. The predicted octanol–water partition coefficient (Wildman–Crippen LogP) is 0.712. The van der Waals surface area contributed by atoms with E-state index in [0.717, 1.165) is 36.5 Å². The molecule has 1 aromatic rings. The van der Waals surface area contributed by atoms with Gasteiger partial charge in [0.1, 0.15) is 31.0 Å². The molecule has 0 aliphatic carbocycles. The first-order valence-corrected chi connectivity index (χ1v) is 9.36. The minimum Gasteiger partial charge on any atom is -0.494 e. The highest BCUT2D eigenvalue weighted by Gasteiger charge is 2.31. The van der Waals surface area contributed by atoms with Crippen molar-refractivity contribution in [2.24, 2.45) is 0 Å². The van der Waals surface area contributed by atoms with E-state index in [-0.39, 0.29) is 11.7 Å². The summed E-state index contributed by atoms with van der Waals surface area (Å²) >= 11 is 1.45. The standard InChI is InChI=1S/C17H22N2O5S/c1-3-19-6-5-11-13(9-19)25-16(14(11)17(21)23-4-2)18-15(20)12-10-22-7-8-24-12/h10H,3-9H2,1-2H3,(H,18,20)/p+1. The first-order valence-electron chi connectivity index (χ1n) is 8.55. The van der Waals surface area contributed by atoms with E-state index in [1.807, 2.05) is 0 Å². The molecule has 1 amide bonds. The van der Waals surface area contributed by atoms with Crippen LogP contribution in [0.1, 0.15) is 34.6 Å². The van der Waals surface area contributed by atoms with Gasteiger partial charge in [-0.15, -0.1) is 11.3 Å². The number of carbonyl (C=O) groups is 2. The van der Waals surface area contributed by atoms with Gasteiger partial charge in [-0.3, -0.25) is 4.79 Å². The Labute approximate surface area is 150 Å². The van der Waals surface area contributed by atoms with Crippen LogP contribution in [0.5, 0.6) is 0 Å². The normalized spacial score (nSPS) is 19.1. The Morgan fingerprint density at radius 2 is 2.20 bits per heavy atom. The first kappa shape index (κ1) is 17.8. The fourth-order valence-corrected chi connectivity index (χ4v) is 4.30. The maximum Gasteiger partial charge on any atom is 0.341 e. The molecule has 0 radical (unpaired) electrons. The quantitative estimate of drug-likeness (QED) is 0.750. The molecule has 3 rings (SSSR count). The van der Waals surface area contributed by atoms with E-state index in [9.17, 15) is 9.59 Å². The monoisotopic (exact) mass is 367 g/mol. The second-order valence-electron chi connectivity index (χ2n) is 5.86. The molecule has 0 saturated heterocycles. The third-order valence-corrected chi connectivity index (χ3v) is 5.46. The van der Waals surface area contributed by atoms with E-state index >= 15 is 0 Å². The number of quaternary nitrogens is 1. The van der Waals surface area contributed by atoms with E-state index < -0.39 is 5.91 Å². The van der Waals surface area contributed by atoms with Gasteiger partial charge in [0, 0.05) is 6.42 Å². The van der Waals surface area contributed by atoms with Crippen LogP contribution in [0.3, 0.4) is 0 Å². The van der Waals surface area contributed by atoms with Gasteiger partial charge in [0.25, 0.3) is 5.91 Å². The average Bonchev–Trinajstić information content (AvgIpc) is 2.99. The molecule has 2 aliphatic rings. The molecule has 2 N–H and O–H groups in total. The summed E-state index contributed by atoms with van der Waals surface area (Å²) in [5.41, 5.74) is 1.49. The number of fused-ring (bicyclic) bond motifs is 1. The number of esters is 1. The van der Waals surface area contributed by atoms with Gasteiger partial charge in [-0.1, -0.05) is 0 Å². The van der Waals surface area contributed by atoms with Gasteiger partial charge >= 0.3 is 5.97 Å². The summed E-state index contributed by atoms with van der Waals surface area (Å²) in [6.07, 6.45) is 2.11. The number of hydrogen-bond donors (Lipinski definition) is 2. The van der Waals surface area contributed by atoms with Crippen molar-refractivity contribution in [3.63, 3.8) is 0 Å². The molecule has 3 heterocycles. The number of amides is 1. The molecule has 0 fully saturated rings. The van der Waals surface area contributed by atoms with Gasteiger partial charge in [0.2, 0.25) is 5.76 Å². The Morgan fingerprint density at radius 1 is 1.36 bits per heavy atom. The minimum atomic E-state index is -0.413. The maximum absolute atomic E-state index is 12.5. The van der Waals surface area contributed by atoms with Crippen molar-refractivity contribution < 1.29 is 28.7 Å². The van der Waals surface area contributed by atoms with Crippen LogP contribution in [0, 0.1) is 0 Å². The Hall–Kier alpha value is -2.06. The Balaban J connectivity index is 1.89. The molecule has 1 unspecified atom stereocenters. The van der Waals surface area contributed by atoms with Crippen molar-refractivity contribution in [2.45, 2.75) is 26.8 Å². The molecule has 0 saturated carbocycles. The van der Waals surface area contributed by atoms with Crippen molar-refractivity contribution in [1.82, 2.24) is 0 Å². The summed E-state index contributed by atoms with van der Waals surface area (Å²) in [7, 11) is 0. The zero-order valence-corrected chi connectivity index (χ0v) is 15.3. The van der Waals surface area contributed by atoms with Gasteiger partial charge in [-0.05, 0) is 19.4 Å². The molecular formula is C17H23N2O5S+. The van der Waals surface area contributed by atoms with Crippen LogP contribution < -0.4 is 10.2 Å². The van der Waals surface area contributed by atoms with Crippen LogP contribution in [0.2, 0.25) is 0 Å². The predicted molar refractivity (Wildman–Crippen MR) is 92.7 cm³/mol. The molecule has 7 nitrogen and oxygen atoms in total. The maximum atomic E-state index is 12.5. The van der Waals surface area contributed by atoms with Crippen molar-refractivity contribution in [1.29, 1.82) is 0 Å². The van der Waals surface area contributed by atoms with E-state index in [1.165, 1.54) is 22.5 Å². The lowest BCUT2D eigenvalue weighted by Gasteiger charge is -2.22. The van der Waals surface area contributed by atoms with Gasteiger partial charge in [-0.2, -0.15) is 0 Å². The largest absolute Gasteiger partial charge is 0.494 e. The van der Waals surface area contributed by atoms with Crippen molar-refractivity contribution in [2.75, 3.05) is 38.2 Å². The van der Waals surface area contributed by atoms with E-state index in [4.69, 9.17) is 14.2 Å². The Morgan fingerprint density at radius 3 is 2.88 bits per heavy atom. The van der Waals surface area contributed by atoms with Crippen molar-refractivity contribution >= 4 is 28.2 Å². The van der Waals surface area contributed by atoms with Crippen molar-refractivity contribution in [3.8, 4) is 0 Å². The number of likely N-dealkylation sites (N-methyl/N-ethyl adjacent to an activating group) is 1. The lowest BCUT2D eigenvalue weighted by molar-refractivity contribution is -0.913. The summed E-state index contributed by atoms with van der Waals surface area (Å²) in [6.45, 7) is 7.85. The highest BCUT2D eigenvalue weighted by Crippen LogP contribution is 2.35. The van der Waals surface area contributed by atoms with Crippen LogP contribution in [0.15, 0.2) is 12.0 Å². The van der Waals surface area contributed by atoms with Gasteiger partial charge in [0.05, 0.1) is 30.1 Å². The van der Waals surface area contributed by atoms with Crippen LogP contribution in [-0.2, 0) is 32.0 Å². The fourth-order valence-electron chi connectivity index (χ4n) is 3.00. The van der Waals surface area contributed by atoms with Crippen LogP contribution >= 0.6 is 11.3 Å². The summed E-state index contributed by atoms with van der Waals surface area (Å²) in [5, 5.41) is 3.33. The Kier molecular flexibility index (Phi) is 5.60. The number of anilines is 1. The van der Waals surface area contributed by atoms with E-state index in [1.54, 1.807) is 6.92 Å². The van der Waals surface area contributed by atoms with Gasteiger partial charge in [-0.25, -0.2) is 4.79 Å². The topological polar surface area (TPSA) is 78.3 Å². The van der Waals surface area contributed by atoms with Crippen molar-refractivity contribution in [3.05, 3.63) is 28.0 Å². The summed E-state index contributed by atoms with van der Waals surface area (Å²) in [4.78, 5) is 27.5. The molecular weight excluding hydrogens is 344 g/mol. The summed E-state index contributed by atoms with van der Waals surface area (Å²) < 4.78 is 15.6. The van der Waals surface area contributed by atoms with Crippen LogP contribution in [-0.4, -0.2) is 44.8 Å². The second kappa shape index (κ2) is 7.88. The number of hydrogen-bond acceptors (Lipinski definition) is 6. The van der Waals surface area contributed by atoms with E-state index in [2.05, 4.69) is 12.2 Å². The number of ether oxygens (including phenoxy) is 3. The zero-order valence-electron chi connectivity index (χ0n) is 14.5. The number of nitrogens with one attached hydrogen (secondary N) is 2. The molecule has 1 atom stereocenters. The smallest absolute Gasteiger partial charge is 0.341 e. The highest BCUT2D eigenvalue weighted by atomic mass is 32.1. The lowest BCUT2D eigenvalue weighted by Crippen LogP contribution is -3.11. The zero-order chi connectivity index (χ0) is 17.8. The molecule has 136 valence electrons. The molecule has 0 bridgehead atoms. The lowest BCUT2D eigenvalue weighted by atomic mass is 10.0. The highest BCUT2D eigenvalue weighted by molar-refractivity contribution is 7.17. The molecule has 25 heavy (non-hydrogen) atoms. The number of rotatable bonds is 5. The third-order valence-electron chi connectivity index (χ3n) is 4.31. The van der Waals surface area contributed by atoms with Gasteiger partial charge in [0.15, 0.2) is 0 Å². The molecule has 0 spiro atoms. The molecule has 2 aliphatic heterocycles. The minimum absolute atomic E-state index is 0.119. The number of carbonyl (C=O) groups excluding carboxylic acids is 2. The SMILES string of the molecule is CCOC(=O)c1c(NC(=O)C2=COCCO2)sc2c1CC[NH+](CC)C2. The third kappa shape index (κ3) is 3.80. The molecule has 0 aromatic carbocycles. The summed E-state index contributed by atoms with van der Waals surface area (Å²) in [5.74, 6) is -0.679. The number of thiophene rings is 1. The average molecular weight is 367 g/mol. The first-order chi connectivity index (χ1) is 12.1. The summed E-state index contributed by atoms with van der Waals surface area (Å²) in [6, 6.07) is 0. The van der Waals surface area contributed by atoms with Crippen LogP contribution in [0.4, 0.5) is 5.00 Å². The molecule has 1 aromatic heterocycles. The van der Waals surface area contributed by atoms with Gasteiger partial charge < -0.3 is 24.4 Å². The fraction of sp³-hybridized carbons (Fsp3) is 0.529. The molecule has 8 heteroatoms.